The summed E-state index contributed by atoms with van der Waals surface area (Å²) in [4.78, 5) is 16.6. The van der Waals surface area contributed by atoms with Gasteiger partial charge >= 0.3 is 0 Å². The molecule has 3 aromatic rings. The number of pyridine rings is 1. The van der Waals surface area contributed by atoms with E-state index in [9.17, 15) is 4.79 Å². The van der Waals surface area contributed by atoms with Crippen LogP contribution in [0.15, 0.2) is 37.1 Å². The summed E-state index contributed by atoms with van der Waals surface area (Å²) in [5, 5.41) is 10.8. The fraction of sp³-hybridized carbons (Fsp3) is 0.333. The zero-order valence-corrected chi connectivity index (χ0v) is 12.0. The fourth-order valence-corrected chi connectivity index (χ4v) is 2.89. The third kappa shape index (κ3) is 2.34. The average molecular weight is 296 g/mol. The molecule has 1 N–H and O–H groups in total. The number of nitrogens with zero attached hydrogens (tertiary/aromatic N) is 5. The lowest BCUT2D eigenvalue weighted by Crippen LogP contribution is -2.33. The third-order valence-corrected chi connectivity index (χ3v) is 4.16. The minimum Gasteiger partial charge on any atom is -0.352 e. The van der Waals surface area contributed by atoms with E-state index in [1.807, 2.05) is 12.4 Å². The Bertz CT molecular complexity index is 820. The molecule has 1 atom stereocenters. The lowest BCUT2D eigenvalue weighted by molar-refractivity contribution is 0.0944. The largest absolute Gasteiger partial charge is 0.352 e. The maximum absolute atomic E-state index is 12.3. The molecular weight excluding hydrogens is 280 g/mol. The zero-order chi connectivity index (χ0) is 14.9. The van der Waals surface area contributed by atoms with Crippen LogP contribution < -0.4 is 5.32 Å². The number of aromatic nitrogens is 5. The first-order valence-corrected chi connectivity index (χ1v) is 7.37. The van der Waals surface area contributed by atoms with Crippen LogP contribution in [-0.2, 0) is 13.0 Å². The van der Waals surface area contributed by atoms with Gasteiger partial charge < -0.3 is 9.88 Å². The molecule has 0 bridgehead atoms. The topological polar surface area (TPSA) is 77.1 Å². The monoisotopic (exact) mass is 296 g/mol. The maximum Gasteiger partial charge on any atom is 0.252 e. The predicted molar refractivity (Wildman–Crippen MR) is 79.4 cm³/mol. The number of rotatable bonds is 3. The van der Waals surface area contributed by atoms with E-state index in [0.717, 1.165) is 30.9 Å². The first kappa shape index (κ1) is 13.0. The lowest BCUT2D eigenvalue weighted by atomic mass is 9.98. The Morgan fingerprint density at radius 2 is 2.36 bits per heavy atom. The summed E-state index contributed by atoms with van der Waals surface area (Å²) in [6.07, 6.45) is 9.17. The lowest BCUT2D eigenvalue weighted by Gasteiger charge is -2.23. The van der Waals surface area contributed by atoms with Crippen molar-refractivity contribution in [3.05, 3.63) is 48.4 Å². The van der Waals surface area contributed by atoms with Crippen molar-refractivity contribution in [2.45, 2.75) is 19.4 Å². The van der Waals surface area contributed by atoms with Crippen molar-refractivity contribution in [3.8, 4) is 0 Å². The third-order valence-electron chi connectivity index (χ3n) is 4.16. The summed E-state index contributed by atoms with van der Waals surface area (Å²) in [7, 11) is 0. The SMILES string of the molecule is O=C(NCC1CCn2ccnc2C1)c1ccc2nncn2c1. The Hall–Kier alpha value is -2.70. The highest BCUT2D eigenvalue weighted by molar-refractivity contribution is 5.94. The summed E-state index contributed by atoms with van der Waals surface area (Å²) in [5.74, 6) is 1.48. The summed E-state index contributed by atoms with van der Waals surface area (Å²) in [6, 6.07) is 3.56. The molecule has 0 saturated carbocycles. The van der Waals surface area contributed by atoms with Crippen LogP contribution in [0.2, 0.25) is 0 Å². The van der Waals surface area contributed by atoms with E-state index in [-0.39, 0.29) is 5.91 Å². The Balaban J connectivity index is 1.40. The van der Waals surface area contributed by atoms with E-state index < -0.39 is 0 Å². The number of hydrogen-bond acceptors (Lipinski definition) is 4. The van der Waals surface area contributed by atoms with Gasteiger partial charge in [0.05, 0.1) is 5.56 Å². The molecule has 22 heavy (non-hydrogen) atoms. The van der Waals surface area contributed by atoms with E-state index in [0.29, 0.717) is 18.0 Å². The number of imidazole rings is 1. The van der Waals surface area contributed by atoms with Crippen LogP contribution in [0.5, 0.6) is 0 Å². The summed E-state index contributed by atoms with van der Waals surface area (Å²) in [5.41, 5.74) is 1.35. The number of carbonyl (C=O) groups excluding carboxylic acids is 1. The molecule has 0 aliphatic carbocycles. The molecule has 112 valence electrons. The van der Waals surface area contributed by atoms with Gasteiger partial charge in [0.15, 0.2) is 5.65 Å². The Labute approximate surface area is 127 Å². The maximum atomic E-state index is 12.3. The molecule has 1 aliphatic rings. The molecule has 4 heterocycles. The minimum atomic E-state index is -0.0653. The van der Waals surface area contributed by atoms with E-state index >= 15 is 0 Å². The van der Waals surface area contributed by atoms with Crippen molar-refractivity contribution in [2.24, 2.45) is 5.92 Å². The molecule has 0 aromatic carbocycles. The predicted octanol–water partition coefficient (Wildman–Crippen LogP) is 0.918. The van der Waals surface area contributed by atoms with Crippen LogP contribution in [-0.4, -0.2) is 36.6 Å². The van der Waals surface area contributed by atoms with Crippen molar-refractivity contribution >= 4 is 11.6 Å². The molecular formula is C15H16N6O. The second-order valence-corrected chi connectivity index (χ2v) is 5.62. The second-order valence-electron chi connectivity index (χ2n) is 5.62. The quantitative estimate of drug-likeness (QED) is 0.779. The van der Waals surface area contributed by atoms with Gasteiger partial charge in [-0.05, 0) is 24.5 Å². The van der Waals surface area contributed by atoms with E-state index in [2.05, 4.69) is 25.1 Å². The minimum absolute atomic E-state index is 0.0653. The number of carbonyl (C=O) groups is 1. The van der Waals surface area contributed by atoms with Crippen LogP contribution in [0.25, 0.3) is 5.65 Å². The van der Waals surface area contributed by atoms with Crippen LogP contribution in [0.4, 0.5) is 0 Å². The first-order chi connectivity index (χ1) is 10.8. The van der Waals surface area contributed by atoms with Crippen LogP contribution >= 0.6 is 0 Å². The van der Waals surface area contributed by atoms with Crippen molar-refractivity contribution in [2.75, 3.05) is 6.54 Å². The van der Waals surface area contributed by atoms with E-state index in [1.165, 1.54) is 0 Å². The summed E-state index contributed by atoms with van der Waals surface area (Å²) in [6.45, 7) is 1.65. The van der Waals surface area contributed by atoms with Crippen molar-refractivity contribution in [1.82, 2.24) is 29.5 Å². The Morgan fingerprint density at radius 3 is 3.32 bits per heavy atom. The Kier molecular flexibility index (Phi) is 3.10. The molecule has 0 saturated heterocycles. The van der Waals surface area contributed by atoms with Gasteiger partial charge in [0.1, 0.15) is 12.2 Å². The van der Waals surface area contributed by atoms with Gasteiger partial charge in [-0.25, -0.2) is 4.98 Å². The Morgan fingerprint density at radius 1 is 1.41 bits per heavy atom. The van der Waals surface area contributed by atoms with Crippen LogP contribution in [0.3, 0.4) is 0 Å². The highest BCUT2D eigenvalue weighted by Crippen LogP contribution is 2.18. The number of fused-ring (bicyclic) bond motifs is 2. The molecule has 7 nitrogen and oxygen atoms in total. The summed E-state index contributed by atoms with van der Waals surface area (Å²) >= 11 is 0. The smallest absolute Gasteiger partial charge is 0.252 e. The van der Waals surface area contributed by atoms with Gasteiger partial charge in [-0.2, -0.15) is 0 Å². The first-order valence-electron chi connectivity index (χ1n) is 7.37. The van der Waals surface area contributed by atoms with Gasteiger partial charge in [-0.15, -0.1) is 10.2 Å². The number of amides is 1. The van der Waals surface area contributed by atoms with Crippen molar-refractivity contribution in [3.63, 3.8) is 0 Å². The second kappa shape index (κ2) is 5.25. The number of nitrogens with one attached hydrogen (secondary N) is 1. The van der Waals surface area contributed by atoms with Gasteiger partial charge in [-0.1, -0.05) is 0 Å². The fourth-order valence-electron chi connectivity index (χ4n) is 2.89. The highest BCUT2D eigenvalue weighted by Gasteiger charge is 2.19. The summed E-state index contributed by atoms with van der Waals surface area (Å²) < 4.78 is 3.92. The standard InChI is InChI=1S/C15H16N6O/c22-15(12-1-2-13-19-18-10-21(13)9-12)17-8-11-3-5-20-6-4-16-14(20)7-11/h1-2,4,6,9-11H,3,5,7-8H2,(H,17,22). The zero-order valence-electron chi connectivity index (χ0n) is 12.0. The van der Waals surface area contributed by atoms with Crippen molar-refractivity contribution < 1.29 is 4.79 Å². The average Bonchev–Trinajstić information content (AvgIpc) is 3.19. The molecule has 3 aromatic heterocycles. The number of hydrogen-bond donors (Lipinski definition) is 1. The molecule has 1 unspecified atom stereocenters. The molecule has 0 spiro atoms. The van der Waals surface area contributed by atoms with E-state index in [4.69, 9.17) is 0 Å². The van der Waals surface area contributed by atoms with Crippen LogP contribution in [0.1, 0.15) is 22.6 Å². The molecule has 0 radical (unpaired) electrons. The normalized spacial score (nSPS) is 17.4. The molecule has 1 amide bonds. The van der Waals surface area contributed by atoms with Crippen LogP contribution in [0, 0.1) is 5.92 Å². The molecule has 4 rings (SSSR count). The highest BCUT2D eigenvalue weighted by atomic mass is 16.1. The van der Waals surface area contributed by atoms with Gasteiger partial charge in [0.25, 0.3) is 5.91 Å². The van der Waals surface area contributed by atoms with Crippen molar-refractivity contribution in [1.29, 1.82) is 0 Å². The van der Waals surface area contributed by atoms with Gasteiger partial charge in [0.2, 0.25) is 0 Å². The molecule has 1 aliphatic heterocycles. The number of aryl methyl sites for hydroxylation is 1. The molecule has 0 fully saturated rings. The van der Waals surface area contributed by atoms with Gasteiger partial charge in [-0.3, -0.25) is 9.20 Å². The van der Waals surface area contributed by atoms with E-state index in [1.54, 1.807) is 29.1 Å². The van der Waals surface area contributed by atoms with Gasteiger partial charge in [0, 0.05) is 38.1 Å². The molecule has 7 heteroatoms.